The number of nitrogens with zero attached hydrogens (tertiary/aromatic N) is 1. The number of piperidine rings is 1. The van der Waals surface area contributed by atoms with Crippen LogP contribution in [0.2, 0.25) is 0 Å². The number of carboxylic acid groups (broad SMARTS) is 1. The minimum absolute atomic E-state index is 0.0196. The summed E-state index contributed by atoms with van der Waals surface area (Å²) in [5.74, 6) is 0.359. The van der Waals surface area contributed by atoms with Gasteiger partial charge >= 0.3 is 6.09 Å². The van der Waals surface area contributed by atoms with Crippen LogP contribution < -0.4 is 5.32 Å². The molecule has 2 atom stereocenters. The molecule has 21 heavy (non-hydrogen) atoms. The van der Waals surface area contributed by atoms with Crippen molar-refractivity contribution in [2.75, 3.05) is 13.1 Å². The van der Waals surface area contributed by atoms with Crippen LogP contribution in [-0.2, 0) is 0 Å². The molecule has 1 aromatic carbocycles. The summed E-state index contributed by atoms with van der Waals surface area (Å²) in [6, 6.07) is 7.65. The quantitative estimate of drug-likeness (QED) is 0.897. The van der Waals surface area contributed by atoms with Gasteiger partial charge < -0.3 is 15.3 Å². The molecule has 1 aliphatic heterocycles. The van der Waals surface area contributed by atoms with Crippen LogP contribution >= 0.6 is 0 Å². The van der Waals surface area contributed by atoms with E-state index in [2.05, 4.69) is 5.32 Å². The molecule has 112 valence electrons. The molecule has 5 nitrogen and oxygen atoms in total. The van der Waals surface area contributed by atoms with Crippen LogP contribution in [0.5, 0.6) is 0 Å². The zero-order valence-corrected chi connectivity index (χ0v) is 11.9. The molecule has 2 amide bonds. The monoisotopic (exact) mass is 288 g/mol. The molecule has 0 bridgehead atoms. The number of hydrogen-bond donors (Lipinski definition) is 2. The molecule has 5 heteroatoms. The lowest BCUT2D eigenvalue weighted by molar-refractivity contribution is 0.0724. The number of carbonyl (C=O) groups excluding carboxylic acids is 1. The number of likely N-dealkylation sites (tertiary alicyclic amines) is 1. The van der Waals surface area contributed by atoms with Gasteiger partial charge in [-0.3, -0.25) is 4.79 Å². The van der Waals surface area contributed by atoms with Crippen LogP contribution in [0.4, 0.5) is 4.79 Å². The van der Waals surface area contributed by atoms with Gasteiger partial charge in [-0.1, -0.05) is 12.1 Å². The third kappa shape index (κ3) is 3.17. The minimum atomic E-state index is -0.973. The Bertz CT molecular complexity index is 535. The SMILES string of the molecule is O=C(O)NC1CC1c1ccc(C(=O)N2CCCCC2)cc1. The Balaban J connectivity index is 1.62. The van der Waals surface area contributed by atoms with Gasteiger partial charge in [0.15, 0.2) is 0 Å². The van der Waals surface area contributed by atoms with E-state index in [0.29, 0.717) is 0 Å². The van der Waals surface area contributed by atoms with Gasteiger partial charge in [-0.15, -0.1) is 0 Å². The number of nitrogens with one attached hydrogen (secondary N) is 1. The molecule has 2 unspecified atom stereocenters. The number of rotatable bonds is 3. The molecule has 1 heterocycles. The summed E-state index contributed by atoms with van der Waals surface area (Å²) in [6.45, 7) is 1.71. The van der Waals surface area contributed by atoms with Crippen molar-refractivity contribution in [1.29, 1.82) is 0 Å². The smallest absolute Gasteiger partial charge is 0.404 e. The number of carbonyl (C=O) groups is 2. The zero-order chi connectivity index (χ0) is 14.8. The fraction of sp³-hybridized carbons (Fsp3) is 0.500. The molecule has 1 saturated heterocycles. The molecule has 1 aromatic rings. The standard InChI is InChI=1S/C16H20N2O3/c19-15(18-8-2-1-3-9-18)12-6-4-11(5-7-12)13-10-14(13)17-16(20)21/h4-7,13-14,17H,1-3,8-10H2,(H,20,21). The maximum absolute atomic E-state index is 12.3. The van der Waals surface area contributed by atoms with E-state index in [1.165, 1.54) is 6.42 Å². The van der Waals surface area contributed by atoms with Gasteiger partial charge in [0.1, 0.15) is 0 Å². The van der Waals surface area contributed by atoms with E-state index >= 15 is 0 Å². The first-order valence-electron chi connectivity index (χ1n) is 7.54. The normalized spacial score (nSPS) is 24.5. The van der Waals surface area contributed by atoms with E-state index < -0.39 is 6.09 Å². The van der Waals surface area contributed by atoms with Crippen LogP contribution in [0.15, 0.2) is 24.3 Å². The van der Waals surface area contributed by atoms with Gasteiger partial charge in [0.05, 0.1) is 0 Å². The van der Waals surface area contributed by atoms with E-state index in [0.717, 1.165) is 43.5 Å². The second kappa shape index (κ2) is 5.76. The minimum Gasteiger partial charge on any atom is -0.465 e. The molecule has 2 N–H and O–H groups in total. The topological polar surface area (TPSA) is 69.6 Å². The van der Waals surface area contributed by atoms with Crippen LogP contribution in [-0.4, -0.2) is 41.1 Å². The molecule has 2 aliphatic rings. The first kappa shape index (κ1) is 13.9. The number of benzene rings is 1. The van der Waals surface area contributed by atoms with Gasteiger partial charge in [-0.25, -0.2) is 4.79 Å². The summed E-state index contributed by atoms with van der Waals surface area (Å²) < 4.78 is 0. The maximum atomic E-state index is 12.3. The highest BCUT2D eigenvalue weighted by Crippen LogP contribution is 2.40. The summed E-state index contributed by atoms with van der Waals surface area (Å²) in [5.41, 5.74) is 1.83. The van der Waals surface area contributed by atoms with Crippen molar-refractivity contribution in [3.63, 3.8) is 0 Å². The van der Waals surface area contributed by atoms with Crippen LogP contribution in [0.3, 0.4) is 0 Å². The third-order valence-electron chi connectivity index (χ3n) is 4.33. The highest BCUT2D eigenvalue weighted by atomic mass is 16.4. The summed E-state index contributed by atoms with van der Waals surface area (Å²) in [4.78, 5) is 24.8. The first-order valence-corrected chi connectivity index (χ1v) is 7.54. The number of amides is 2. The Morgan fingerprint density at radius 1 is 1.10 bits per heavy atom. The first-order chi connectivity index (χ1) is 10.1. The van der Waals surface area contributed by atoms with Crippen molar-refractivity contribution < 1.29 is 14.7 Å². The van der Waals surface area contributed by atoms with Crippen LogP contribution in [0, 0.1) is 0 Å². The van der Waals surface area contributed by atoms with Crippen LogP contribution in [0.25, 0.3) is 0 Å². The van der Waals surface area contributed by atoms with E-state index in [9.17, 15) is 9.59 Å². The number of hydrogen-bond acceptors (Lipinski definition) is 2. The van der Waals surface area contributed by atoms with Crippen molar-refractivity contribution in [3.05, 3.63) is 35.4 Å². The van der Waals surface area contributed by atoms with Gasteiger partial charge in [0, 0.05) is 30.6 Å². The molecule has 1 saturated carbocycles. The molecule has 3 rings (SSSR count). The molecule has 2 fully saturated rings. The van der Waals surface area contributed by atoms with Crippen LogP contribution in [0.1, 0.15) is 47.5 Å². The Morgan fingerprint density at radius 2 is 1.76 bits per heavy atom. The van der Waals surface area contributed by atoms with Gasteiger partial charge in [-0.05, 0) is 43.4 Å². The fourth-order valence-corrected chi connectivity index (χ4v) is 3.03. The molecule has 0 spiro atoms. The van der Waals surface area contributed by atoms with E-state index in [4.69, 9.17) is 5.11 Å². The average Bonchev–Trinajstić information content (AvgIpc) is 3.26. The second-order valence-corrected chi connectivity index (χ2v) is 5.87. The summed E-state index contributed by atoms with van der Waals surface area (Å²) in [5, 5.41) is 11.2. The lowest BCUT2D eigenvalue weighted by Gasteiger charge is -2.26. The molecule has 0 aromatic heterocycles. The summed E-state index contributed by atoms with van der Waals surface area (Å²) in [7, 11) is 0. The average molecular weight is 288 g/mol. The van der Waals surface area contributed by atoms with Crippen molar-refractivity contribution in [1.82, 2.24) is 10.2 Å². The third-order valence-corrected chi connectivity index (χ3v) is 4.33. The van der Waals surface area contributed by atoms with Gasteiger partial charge in [0.2, 0.25) is 0 Å². The van der Waals surface area contributed by atoms with Crippen molar-refractivity contribution >= 4 is 12.0 Å². The van der Waals surface area contributed by atoms with Crippen molar-refractivity contribution in [3.8, 4) is 0 Å². The van der Waals surface area contributed by atoms with Gasteiger partial charge in [-0.2, -0.15) is 0 Å². The molecular weight excluding hydrogens is 268 g/mol. The molecule has 1 aliphatic carbocycles. The van der Waals surface area contributed by atoms with E-state index in [1.807, 2.05) is 29.2 Å². The highest BCUT2D eigenvalue weighted by Gasteiger charge is 2.39. The Morgan fingerprint density at radius 3 is 2.38 bits per heavy atom. The molecular formula is C16H20N2O3. The lowest BCUT2D eigenvalue weighted by Crippen LogP contribution is -2.35. The van der Waals surface area contributed by atoms with E-state index in [-0.39, 0.29) is 17.9 Å². The van der Waals surface area contributed by atoms with Crippen molar-refractivity contribution in [2.24, 2.45) is 0 Å². The predicted molar refractivity (Wildman–Crippen MR) is 78.5 cm³/mol. The lowest BCUT2D eigenvalue weighted by atomic mass is 10.1. The zero-order valence-electron chi connectivity index (χ0n) is 11.9. The fourth-order valence-electron chi connectivity index (χ4n) is 3.03. The van der Waals surface area contributed by atoms with Crippen molar-refractivity contribution in [2.45, 2.75) is 37.6 Å². The predicted octanol–water partition coefficient (Wildman–Crippen LogP) is 2.44. The Labute approximate surface area is 123 Å². The summed E-state index contributed by atoms with van der Waals surface area (Å²) in [6.07, 6.45) is 3.26. The Kier molecular flexibility index (Phi) is 3.82. The second-order valence-electron chi connectivity index (χ2n) is 5.87. The summed E-state index contributed by atoms with van der Waals surface area (Å²) >= 11 is 0. The maximum Gasteiger partial charge on any atom is 0.404 e. The van der Waals surface area contributed by atoms with Gasteiger partial charge in [0.25, 0.3) is 5.91 Å². The Hall–Kier alpha value is -2.04. The largest absolute Gasteiger partial charge is 0.465 e. The highest BCUT2D eigenvalue weighted by molar-refractivity contribution is 5.94. The molecule has 0 radical (unpaired) electrons. The van der Waals surface area contributed by atoms with E-state index in [1.54, 1.807) is 0 Å².